The number of benzene rings is 1. The minimum absolute atomic E-state index is 0.0312. The molecule has 1 aromatic carbocycles. The average molecular weight is 388 g/mol. The highest BCUT2D eigenvalue weighted by molar-refractivity contribution is 7.91. The van der Waals surface area contributed by atoms with Gasteiger partial charge in [-0.3, -0.25) is 4.79 Å². The van der Waals surface area contributed by atoms with E-state index < -0.39 is 9.84 Å². The number of aromatic nitrogens is 1. The highest BCUT2D eigenvalue weighted by Crippen LogP contribution is 2.14. The van der Waals surface area contributed by atoms with Gasteiger partial charge in [-0.15, -0.1) is 0 Å². The summed E-state index contributed by atoms with van der Waals surface area (Å²) in [5.74, 6) is 0.628. The molecule has 3 rings (SSSR count). The monoisotopic (exact) mass is 387 g/mol. The Balaban J connectivity index is 1.60. The van der Waals surface area contributed by atoms with Crippen molar-refractivity contribution < 1.29 is 13.2 Å². The molecule has 1 unspecified atom stereocenters. The molecule has 2 aromatic rings. The largest absolute Gasteiger partial charge is 0.367 e. The predicted octanol–water partition coefficient (Wildman–Crippen LogP) is 2.39. The van der Waals surface area contributed by atoms with Crippen molar-refractivity contribution in [1.82, 2.24) is 9.88 Å². The van der Waals surface area contributed by atoms with Gasteiger partial charge in [-0.2, -0.15) is 0 Å². The van der Waals surface area contributed by atoms with Gasteiger partial charge in [0.25, 0.3) is 5.91 Å². The lowest BCUT2D eigenvalue weighted by Crippen LogP contribution is -2.43. The van der Waals surface area contributed by atoms with E-state index in [1.54, 1.807) is 17.2 Å². The van der Waals surface area contributed by atoms with E-state index in [1.165, 1.54) is 5.56 Å². The van der Waals surface area contributed by atoms with Crippen molar-refractivity contribution in [3.05, 3.63) is 59.8 Å². The molecule has 2 heterocycles. The van der Waals surface area contributed by atoms with Crippen molar-refractivity contribution in [2.45, 2.75) is 25.8 Å². The first-order valence-corrected chi connectivity index (χ1v) is 11.0. The van der Waals surface area contributed by atoms with Gasteiger partial charge in [0.2, 0.25) is 0 Å². The predicted molar refractivity (Wildman–Crippen MR) is 107 cm³/mol. The van der Waals surface area contributed by atoms with Crippen molar-refractivity contribution in [3.63, 3.8) is 0 Å². The molecule has 7 heteroatoms. The van der Waals surface area contributed by atoms with Gasteiger partial charge in [0.15, 0.2) is 9.84 Å². The summed E-state index contributed by atoms with van der Waals surface area (Å²) in [5, 5.41) is 3.42. The van der Waals surface area contributed by atoms with Gasteiger partial charge < -0.3 is 10.2 Å². The Morgan fingerprint density at radius 3 is 2.44 bits per heavy atom. The minimum atomic E-state index is -3.00. The molecule has 1 aliphatic heterocycles. The van der Waals surface area contributed by atoms with Crippen LogP contribution in [0.15, 0.2) is 48.7 Å². The van der Waals surface area contributed by atoms with E-state index in [4.69, 9.17) is 0 Å². The summed E-state index contributed by atoms with van der Waals surface area (Å²) in [4.78, 5) is 18.5. The zero-order valence-electron chi connectivity index (χ0n) is 15.5. The molecule has 27 heavy (non-hydrogen) atoms. The van der Waals surface area contributed by atoms with Crippen LogP contribution in [0.2, 0.25) is 0 Å². The highest BCUT2D eigenvalue weighted by Gasteiger charge is 2.25. The van der Waals surface area contributed by atoms with Gasteiger partial charge in [-0.25, -0.2) is 13.4 Å². The lowest BCUT2D eigenvalue weighted by atomic mass is 10.0. The number of carbonyl (C=O) groups excluding carboxylic acids is 1. The Kier molecular flexibility index (Phi) is 6.11. The van der Waals surface area contributed by atoms with E-state index in [0.29, 0.717) is 5.56 Å². The maximum absolute atomic E-state index is 12.5. The van der Waals surface area contributed by atoms with Crippen LogP contribution in [0.3, 0.4) is 0 Å². The SMILES string of the molecule is CCC(Cc1ccccc1)Nc1ccc(C(=O)N2CCS(=O)(=O)CC2)cn1. The summed E-state index contributed by atoms with van der Waals surface area (Å²) in [5.41, 5.74) is 1.75. The Labute approximate surface area is 160 Å². The second kappa shape index (κ2) is 8.52. The lowest BCUT2D eigenvalue weighted by Gasteiger charge is -2.26. The van der Waals surface area contributed by atoms with Crippen LogP contribution in [-0.4, -0.2) is 54.8 Å². The fraction of sp³-hybridized carbons (Fsp3) is 0.400. The van der Waals surface area contributed by atoms with Crippen LogP contribution in [0, 0.1) is 0 Å². The van der Waals surface area contributed by atoms with Crippen molar-refractivity contribution in [2.24, 2.45) is 0 Å². The van der Waals surface area contributed by atoms with Crippen LogP contribution in [-0.2, 0) is 16.3 Å². The average Bonchev–Trinajstić information content (AvgIpc) is 2.68. The quantitative estimate of drug-likeness (QED) is 0.823. The highest BCUT2D eigenvalue weighted by atomic mass is 32.2. The first kappa shape index (κ1) is 19.4. The first-order valence-electron chi connectivity index (χ1n) is 9.23. The van der Waals surface area contributed by atoms with Crippen LogP contribution in [0.4, 0.5) is 5.82 Å². The second-order valence-corrected chi connectivity index (χ2v) is 9.12. The molecule has 1 atom stereocenters. The van der Waals surface area contributed by atoms with Crippen molar-refractivity contribution in [2.75, 3.05) is 29.9 Å². The zero-order chi connectivity index (χ0) is 19.3. The summed E-state index contributed by atoms with van der Waals surface area (Å²) >= 11 is 0. The summed E-state index contributed by atoms with van der Waals surface area (Å²) in [7, 11) is -3.00. The molecule has 1 fully saturated rings. The molecule has 0 radical (unpaired) electrons. The topological polar surface area (TPSA) is 79.4 Å². The Bertz CT molecular complexity index is 853. The molecular formula is C20H25N3O3S. The Hall–Kier alpha value is -2.41. The molecule has 1 aromatic heterocycles. The van der Waals surface area contributed by atoms with Crippen LogP contribution in [0.1, 0.15) is 29.3 Å². The number of rotatable bonds is 6. The van der Waals surface area contributed by atoms with Gasteiger partial charge in [0.05, 0.1) is 17.1 Å². The van der Waals surface area contributed by atoms with Crippen molar-refractivity contribution >= 4 is 21.6 Å². The van der Waals surface area contributed by atoms with Gasteiger partial charge >= 0.3 is 0 Å². The maximum atomic E-state index is 12.5. The molecule has 1 amide bonds. The van der Waals surface area contributed by atoms with Crippen LogP contribution in [0.25, 0.3) is 0 Å². The fourth-order valence-electron chi connectivity index (χ4n) is 3.11. The van der Waals surface area contributed by atoms with Gasteiger partial charge in [0, 0.05) is 25.3 Å². The van der Waals surface area contributed by atoms with Gasteiger partial charge in [0.1, 0.15) is 5.82 Å². The van der Waals surface area contributed by atoms with Crippen LogP contribution >= 0.6 is 0 Å². The lowest BCUT2D eigenvalue weighted by molar-refractivity contribution is 0.0770. The van der Waals surface area contributed by atoms with E-state index in [-0.39, 0.29) is 36.5 Å². The number of nitrogens with zero attached hydrogens (tertiary/aromatic N) is 2. The number of sulfone groups is 1. The van der Waals surface area contributed by atoms with E-state index in [9.17, 15) is 13.2 Å². The standard InChI is InChI=1S/C20H25N3O3S/c1-2-18(14-16-6-4-3-5-7-16)22-19-9-8-17(15-21-19)20(24)23-10-12-27(25,26)13-11-23/h3-9,15,18H,2,10-14H2,1H3,(H,21,22). The number of nitrogens with one attached hydrogen (secondary N) is 1. The maximum Gasteiger partial charge on any atom is 0.255 e. The van der Waals surface area contributed by atoms with E-state index in [1.807, 2.05) is 24.3 Å². The number of hydrogen-bond donors (Lipinski definition) is 1. The first-order chi connectivity index (χ1) is 13.0. The third-order valence-corrected chi connectivity index (χ3v) is 6.42. The molecule has 144 valence electrons. The van der Waals surface area contributed by atoms with Crippen LogP contribution < -0.4 is 5.32 Å². The van der Waals surface area contributed by atoms with E-state index in [0.717, 1.165) is 18.7 Å². The van der Waals surface area contributed by atoms with E-state index in [2.05, 4.69) is 29.4 Å². The molecule has 0 bridgehead atoms. The Morgan fingerprint density at radius 1 is 1.15 bits per heavy atom. The number of amides is 1. The Morgan fingerprint density at radius 2 is 1.85 bits per heavy atom. The molecular weight excluding hydrogens is 362 g/mol. The molecule has 0 aliphatic carbocycles. The molecule has 1 aliphatic rings. The smallest absolute Gasteiger partial charge is 0.255 e. The summed E-state index contributed by atoms with van der Waals surface area (Å²) < 4.78 is 23.0. The molecule has 6 nitrogen and oxygen atoms in total. The molecule has 1 saturated heterocycles. The molecule has 0 saturated carbocycles. The zero-order valence-corrected chi connectivity index (χ0v) is 16.3. The number of anilines is 1. The third-order valence-electron chi connectivity index (χ3n) is 4.81. The summed E-state index contributed by atoms with van der Waals surface area (Å²) in [6, 6.07) is 14.1. The number of pyridine rings is 1. The van der Waals surface area contributed by atoms with Gasteiger partial charge in [-0.05, 0) is 30.5 Å². The second-order valence-electron chi connectivity index (χ2n) is 6.82. The number of carbonyl (C=O) groups is 1. The van der Waals surface area contributed by atoms with Crippen molar-refractivity contribution in [3.8, 4) is 0 Å². The molecule has 1 N–H and O–H groups in total. The van der Waals surface area contributed by atoms with Gasteiger partial charge in [-0.1, -0.05) is 37.3 Å². The summed E-state index contributed by atoms with van der Waals surface area (Å²) in [6.07, 6.45) is 3.42. The van der Waals surface area contributed by atoms with Crippen LogP contribution in [0.5, 0.6) is 0 Å². The normalized spacial score (nSPS) is 17.3. The summed E-state index contributed by atoms with van der Waals surface area (Å²) in [6.45, 7) is 2.62. The third kappa shape index (κ3) is 5.29. The fourth-order valence-corrected chi connectivity index (χ4v) is 4.31. The van der Waals surface area contributed by atoms with Crippen molar-refractivity contribution in [1.29, 1.82) is 0 Å². The van der Waals surface area contributed by atoms with E-state index >= 15 is 0 Å². The number of hydrogen-bond acceptors (Lipinski definition) is 5. The molecule has 0 spiro atoms. The minimum Gasteiger partial charge on any atom is -0.367 e.